The molecule has 7 heteroatoms. The van der Waals surface area contributed by atoms with Crippen LogP contribution in [-0.2, 0) is 9.84 Å². The third-order valence-corrected chi connectivity index (χ3v) is 6.12. The molecule has 2 aliphatic heterocycles. The summed E-state index contributed by atoms with van der Waals surface area (Å²) in [6, 6.07) is 5.96. The van der Waals surface area contributed by atoms with Gasteiger partial charge in [-0.3, -0.25) is 0 Å². The molecular weight excluding hydrogens is 307 g/mol. The van der Waals surface area contributed by atoms with Crippen LogP contribution in [-0.4, -0.2) is 50.0 Å². The number of carbonyl (C=O) groups excluding carboxylic acids is 1. The highest BCUT2D eigenvalue weighted by Crippen LogP contribution is 2.27. The predicted molar refractivity (Wildman–Crippen MR) is 80.9 cm³/mol. The Bertz CT molecular complexity index is 677. The van der Waals surface area contributed by atoms with Crippen molar-refractivity contribution in [1.82, 2.24) is 10.2 Å². The summed E-state index contributed by atoms with van der Waals surface area (Å²) in [6.07, 6.45) is 1.27. The molecule has 0 spiro atoms. The van der Waals surface area contributed by atoms with Gasteiger partial charge in [-0.1, -0.05) is 12.1 Å². The standard InChI is InChI=1S/C15H19FN2O3S/c16-13-3-1-2-11(8-13)12-4-6-18(9-12)15(19)17-14-5-7-22(20,21)10-14/h1-3,8,12,14H,4-7,9-10H2,(H,17,19)/t12-,14-/m0/s1. The van der Waals surface area contributed by atoms with Gasteiger partial charge in [0.15, 0.2) is 9.84 Å². The fourth-order valence-electron chi connectivity index (χ4n) is 3.15. The first-order valence-electron chi connectivity index (χ1n) is 7.44. The van der Waals surface area contributed by atoms with E-state index in [0.717, 1.165) is 12.0 Å². The minimum atomic E-state index is -3.00. The fraction of sp³-hybridized carbons (Fsp3) is 0.533. The minimum absolute atomic E-state index is 0.0277. The van der Waals surface area contributed by atoms with Crippen LogP contribution in [0.2, 0.25) is 0 Å². The van der Waals surface area contributed by atoms with Gasteiger partial charge in [-0.15, -0.1) is 0 Å². The quantitative estimate of drug-likeness (QED) is 0.896. The lowest BCUT2D eigenvalue weighted by Gasteiger charge is -2.20. The Morgan fingerprint density at radius 2 is 2.14 bits per heavy atom. The van der Waals surface area contributed by atoms with Crippen LogP contribution in [0.4, 0.5) is 9.18 Å². The van der Waals surface area contributed by atoms with E-state index in [1.54, 1.807) is 11.0 Å². The topological polar surface area (TPSA) is 66.5 Å². The number of rotatable bonds is 2. The molecule has 1 N–H and O–H groups in total. The van der Waals surface area contributed by atoms with E-state index in [9.17, 15) is 17.6 Å². The molecule has 22 heavy (non-hydrogen) atoms. The molecule has 2 amide bonds. The maximum Gasteiger partial charge on any atom is 0.317 e. The van der Waals surface area contributed by atoms with Crippen LogP contribution in [0.3, 0.4) is 0 Å². The minimum Gasteiger partial charge on any atom is -0.334 e. The Balaban J connectivity index is 1.57. The number of nitrogens with one attached hydrogen (secondary N) is 1. The molecule has 2 saturated heterocycles. The van der Waals surface area contributed by atoms with E-state index in [1.165, 1.54) is 12.1 Å². The summed E-state index contributed by atoms with van der Waals surface area (Å²) >= 11 is 0. The zero-order chi connectivity index (χ0) is 15.7. The van der Waals surface area contributed by atoms with E-state index in [-0.39, 0.29) is 35.3 Å². The maximum absolute atomic E-state index is 13.3. The number of likely N-dealkylation sites (tertiary alicyclic amines) is 1. The monoisotopic (exact) mass is 326 g/mol. The molecule has 2 aliphatic rings. The number of nitrogens with zero attached hydrogens (tertiary/aromatic N) is 1. The Labute approximate surface area is 129 Å². The van der Waals surface area contributed by atoms with Crippen molar-refractivity contribution in [2.24, 2.45) is 0 Å². The van der Waals surface area contributed by atoms with Crippen molar-refractivity contribution in [3.8, 4) is 0 Å². The second-order valence-corrected chi connectivity index (χ2v) is 8.26. The van der Waals surface area contributed by atoms with Gasteiger partial charge in [0.05, 0.1) is 11.5 Å². The first-order valence-corrected chi connectivity index (χ1v) is 9.26. The molecule has 0 unspecified atom stereocenters. The Kier molecular flexibility index (Phi) is 4.08. The van der Waals surface area contributed by atoms with Crippen LogP contribution in [0.25, 0.3) is 0 Å². The van der Waals surface area contributed by atoms with E-state index in [0.29, 0.717) is 19.5 Å². The molecule has 2 fully saturated rings. The number of benzene rings is 1. The summed E-state index contributed by atoms with van der Waals surface area (Å²) in [5.41, 5.74) is 0.902. The molecule has 0 bridgehead atoms. The Morgan fingerprint density at radius 3 is 2.82 bits per heavy atom. The highest BCUT2D eigenvalue weighted by molar-refractivity contribution is 7.91. The van der Waals surface area contributed by atoms with E-state index in [4.69, 9.17) is 0 Å². The highest BCUT2D eigenvalue weighted by atomic mass is 32.2. The van der Waals surface area contributed by atoms with Crippen LogP contribution in [0.1, 0.15) is 24.3 Å². The molecule has 2 atom stereocenters. The molecule has 5 nitrogen and oxygen atoms in total. The number of carbonyl (C=O) groups is 1. The number of sulfone groups is 1. The Morgan fingerprint density at radius 1 is 1.32 bits per heavy atom. The third kappa shape index (κ3) is 3.40. The number of hydrogen-bond donors (Lipinski definition) is 1. The number of halogens is 1. The molecular formula is C15H19FN2O3S. The van der Waals surface area contributed by atoms with Crippen LogP contribution in [0, 0.1) is 5.82 Å². The van der Waals surface area contributed by atoms with Crippen molar-refractivity contribution in [3.05, 3.63) is 35.6 Å². The summed E-state index contributed by atoms with van der Waals surface area (Å²) in [4.78, 5) is 13.9. The lowest BCUT2D eigenvalue weighted by Crippen LogP contribution is -2.44. The first-order chi connectivity index (χ1) is 10.4. The van der Waals surface area contributed by atoms with Gasteiger partial charge in [0, 0.05) is 25.0 Å². The van der Waals surface area contributed by atoms with Crippen LogP contribution >= 0.6 is 0 Å². The number of urea groups is 1. The van der Waals surface area contributed by atoms with Gasteiger partial charge in [-0.25, -0.2) is 17.6 Å². The number of amides is 2. The van der Waals surface area contributed by atoms with Gasteiger partial charge in [-0.05, 0) is 30.5 Å². The van der Waals surface area contributed by atoms with Crippen molar-refractivity contribution in [3.63, 3.8) is 0 Å². The first kappa shape index (κ1) is 15.3. The third-order valence-electron chi connectivity index (χ3n) is 4.36. The van der Waals surface area contributed by atoms with Gasteiger partial charge in [0.1, 0.15) is 5.82 Å². The smallest absolute Gasteiger partial charge is 0.317 e. The molecule has 0 aromatic heterocycles. The van der Waals surface area contributed by atoms with Crippen molar-refractivity contribution < 1.29 is 17.6 Å². The van der Waals surface area contributed by atoms with Gasteiger partial charge in [0.2, 0.25) is 0 Å². The van der Waals surface area contributed by atoms with E-state index in [1.807, 2.05) is 6.07 Å². The second kappa shape index (κ2) is 5.87. The van der Waals surface area contributed by atoms with Gasteiger partial charge < -0.3 is 10.2 Å². The fourth-order valence-corrected chi connectivity index (χ4v) is 4.83. The van der Waals surface area contributed by atoms with Crippen molar-refractivity contribution in [2.75, 3.05) is 24.6 Å². The van der Waals surface area contributed by atoms with Crippen LogP contribution < -0.4 is 5.32 Å². The summed E-state index contributed by atoms with van der Waals surface area (Å²) in [5.74, 6) is 0.0364. The summed E-state index contributed by atoms with van der Waals surface area (Å²) < 4.78 is 36.1. The molecule has 120 valence electrons. The van der Waals surface area contributed by atoms with Crippen molar-refractivity contribution in [1.29, 1.82) is 0 Å². The summed E-state index contributed by atoms with van der Waals surface area (Å²) in [5, 5.41) is 2.79. The van der Waals surface area contributed by atoms with Gasteiger partial charge >= 0.3 is 6.03 Å². The van der Waals surface area contributed by atoms with Gasteiger partial charge in [0.25, 0.3) is 0 Å². The number of hydrogen-bond acceptors (Lipinski definition) is 3. The molecule has 1 aromatic carbocycles. The molecule has 3 rings (SSSR count). The van der Waals surface area contributed by atoms with Crippen LogP contribution in [0.15, 0.2) is 24.3 Å². The molecule has 0 saturated carbocycles. The lowest BCUT2D eigenvalue weighted by atomic mass is 9.98. The summed E-state index contributed by atoms with van der Waals surface area (Å²) in [7, 11) is -3.00. The zero-order valence-electron chi connectivity index (χ0n) is 12.2. The average Bonchev–Trinajstić information content (AvgIpc) is 3.06. The normalized spacial score (nSPS) is 27.0. The lowest BCUT2D eigenvalue weighted by molar-refractivity contribution is 0.205. The van der Waals surface area contributed by atoms with E-state index < -0.39 is 9.84 Å². The van der Waals surface area contributed by atoms with E-state index in [2.05, 4.69) is 5.32 Å². The van der Waals surface area contributed by atoms with Crippen molar-refractivity contribution >= 4 is 15.9 Å². The molecule has 0 radical (unpaired) electrons. The molecule has 1 aromatic rings. The van der Waals surface area contributed by atoms with E-state index >= 15 is 0 Å². The Hall–Kier alpha value is -1.63. The SMILES string of the molecule is O=C(N[C@H]1CCS(=O)(=O)C1)N1CC[C@H](c2cccc(F)c2)C1. The zero-order valence-corrected chi connectivity index (χ0v) is 13.0. The second-order valence-electron chi connectivity index (χ2n) is 6.04. The largest absolute Gasteiger partial charge is 0.334 e. The van der Waals surface area contributed by atoms with Crippen LogP contribution in [0.5, 0.6) is 0 Å². The molecule has 2 heterocycles. The summed E-state index contributed by atoms with van der Waals surface area (Å²) in [6.45, 7) is 1.14. The molecule has 0 aliphatic carbocycles. The predicted octanol–water partition coefficient (Wildman–Crippen LogP) is 1.51. The van der Waals surface area contributed by atoms with Crippen molar-refractivity contribution in [2.45, 2.75) is 24.8 Å². The average molecular weight is 326 g/mol. The maximum atomic E-state index is 13.3. The highest BCUT2D eigenvalue weighted by Gasteiger charge is 2.32. The van der Waals surface area contributed by atoms with Gasteiger partial charge in [-0.2, -0.15) is 0 Å².